The van der Waals surface area contributed by atoms with E-state index in [0.29, 0.717) is 6.54 Å². The number of methoxy groups -OCH3 is 1. The smallest absolute Gasteiger partial charge is 0.128 e. The minimum atomic E-state index is -0.114. The van der Waals surface area contributed by atoms with Crippen LogP contribution in [0.3, 0.4) is 0 Å². The van der Waals surface area contributed by atoms with Crippen molar-refractivity contribution in [2.45, 2.75) is 19.3 Å². The maximum atomic E-state index is 6.29. The molecule has 0 radical (unpaired) electrons. The number of aromatic nitrogens is 1. The lowest BCUT2D eigenvalue weighted by Crippen LogP contribution is -2.27. The van der Waals surface area contributed by atoms with Crippen LogP contribution in [-0.2, 0) is 12.5 Å². The summed E-state index contributed by atoms with van der Waals surface area (Å²) in [5.74, 6) is 0.839. The fraction of sp³-hybridized carbons (Fsp3) is 0.429. The number of aryl methyl sites for hydroxylation is 1. The average molecular weight is 267 g/mol. The normalized spacial score (nSPS) is 12.1. The van der Waals surface area contributed by atoms with Gasteiger partial charge in [0.25, 0.3) is 0 Å². The molecule has 0 saturated heterocycles. The fourth-order valence-electron chi connectivity index (χ4n) is 2.27. The Morgan fingerprint density at radius 1 is 1.39 bits per heavy atom. The molecular weight excluding hydrogens is 248 g/mol. The number of ether oxygens (including phenoxy) is 1. The molecule has 18 heavy (non-hydrogen) atoms. The Morgan fingerprint density at radius 2 is 2.06 bits per heavy atom. The highest BCUT2D eigenvalue weighted by atomic mass is 35.5. The van der Waals surface area contributed by atoms with E-state index in [0.717, 1.165) is 21.7 Å². The summed E-state index contributed by atoms with van der Waals surface area (Å²) in [5, 5.41) is 1.79. The van der Waals surface area contributed by atoms with Gasteiger partial charge in [0.15, 0.2) is 0 Å². The number of rotatable bonds is 3. The molecule has 0 fully saturated rings. The van der Waals surface area contributed by atoms with Crippen molar-refractivity contribution in [1.29, 1.82) is 0 Å². The Balaban J connectivity index is 2.88. The van der Waals surface area contributed by atoms with Crippen LogP contribution in [0.5, 0.6) is 5.75 Å². The van der Waals surface area contributed by atoms with E-state index >= 15 is 0 Å². The van der Waals surface area contributed by atoms with Crippen LogP contribution in [0.25, 0.3) is 10.9 Å². The molecule has 0 aliphatic rings. The predicted molar refractivity (Wildman–Crippen MR) is 76.6 cm³/mol. The van der Waals surface area contributed by atoms with Crippen LogP contribution in [0.15, 0.2) is 18.3 Å². The Bertz CT molecular complexity index is 587. The van der Waals surface area contributed by atoms with E-state index in [1.807, 2.05) is 23.7 Å². The van der Waals surface area contributed by atoms with Gasteiger partial charge in [-0.3, -0.25) is 0 Å². The van der Waals surface area contributed by atoms with Crippen molar-refractivity contribution in [3.05, 3.63) is 28.9 Å². The van der Waals surface area contributed by atoms with Crippen LogP contribution in [-0.4, -0.2) is 18.2 Å². The molecular formula is C14H19ClN2O. The van der Waals surface area contributed by atoms with Crippen LogP contribution in [0.4, 0.5) is 0 Å². The minimum Gasteiger partial charge on any atom is -0.496 e. The minimum absolute atomic E-state index is 0.114. The van der Waals surface area contributed by atoms with Crippen LogP contribution < -0.4 is 10.5 Å². The van der Waals surface area contributed by atoms with E-state index in [2.05, 4.69) is 20.0 Å². The molecule has 0 amide bonds. The molecule has 4 heteroatoms. The summed E-state index contributed by atoms with van der Waals surface area (Å²) in [6, 6.07) is 3.77. The summed E-state index contributed by atoms with van der Waals surface area (Å²) >= 11 is 6.29. The summed E-state index contributed by atoms with van der Waals surface area (Å²) in [7, 11) is 3.67. The van der Waals surface area contributed by atoms with E-state index in [9.17, 15) is 0 Å². The molecule has 1 aromatic carbocycles. The lowest BCUT2D eigenvalue weighted by Gasteiger charge is -2.22. The third-order valence-corrected chi connectivity index (χ3v) is 3.80. The molecule has 0 bridgehead atoms. The second-order valence-electron chi connectivity index (χ2n) is 5.21. The van der Waals surface area contributed by atoms with Crippen molar-refractivity contribution in [3.8, 4) is 5.75 Å². The van der Waals surface area contributed by atoms with Crippen molar-refractivity contribution in [3.63, 3.8) is 0 Å². The molecule has 0 saturated carbocycles. The van der Waals surface area contributed by atoms with Crippen LogP contribution in [0.2, 0.25) is 5.02 Å². The first-order valence-electron chi connectivity index (χ1n) is 5.94. The van der Waals surface area contributed by atoms with Crippen molar-refractivity contribution >= 4 is 22.5 Å². The van der Waals surface area contributed by atoms with Crippen LogP contribution in [0.1, 0.15) is 19.4 Å². The Hall–Kier alpha value is -1.19. The van der Waals surface area contributed by atoms with Gasteiger partial charge in [0.1, 0.15) is 5.75 Å². The van der Waals surface area contributed by atoms with Gasteiger partial charge in [0.2, 0.25) is 0 Å². The number of halogens is 1. The van der Waals surface area contributed by atoms with Gasteiger partial charge in [0, 0.05) is 30.6 Å². The highest BCUT2D eigenvalue weighted by molar-refractivity contribution is 6.35. The standard InChI is InChI=1S/C14H19ClN2O/c1-14(2,8-16)9-7-17(3)13-10(15)5-6-11(18-4)12(9)13/h5-7H,8,16H2,1-4H3. The van der Waals surface area contributed by atoms with Crippen molar-refractivity contribution in [1.82, 2.24) is 4.57 Å². The van der Waals surface area contributed by atoms with Gasteiger partial charge in [-0.05, 0) is 17.7 Å². The SMILES string of the molecule is COc1ccc(Cl)c2c1c(C(C)(C)CN)cn2C. The van der Waals surface area contributed by atoms with E-state index < -0.39 is 0 Å². The Morgan fingerprint density at radius 3 is 2.61 bits per heavy atom. The van der Waals surface area contributed by atoms with Gasteiger partial charge in [-0.15, -0.1) is 0 Å². The first-order valence-corrected chi connectivity index (χ1v) is 6.32. The first-order chi connectivity index (χ1) is 8.42. The third-order valence-electron chi connectivity index (χ3n) is 3.49. The summed E-state index contributed by atoms with van der Waals surface area (Å²) in [5.41, 5.74) is 7.93. The Labute approximate surface area is 112 Å². The number of benzene rings is 1. The zero-order chi connectivity index (χ0) is 13.5. The largest absolute Gasteiger partial charge is 0.496 e. The molecule has 0 spiro atoms. The molecule has 0 aliphatic carbocycles. The summed E-state index contributed by atoms with van der Waals surface area (Å²) in [4.78, 5) is 0. The van der Waals surface area contributed by atoms with E-state index in [1.54, 1.807) is 7.11 Å². The van der Waals surface area contributed by atoms with Crippen molar-refractivity contribution in [2.75, 3.05) is 13.7 Å². The lowest BCUT2D eigenvalue weighted by molar-refractivity contribution is 0.418. The number of hydrogen-bond acceptors (Lipinski definition) is 2. The quantitative estimate of drug-likeness (QED) is 0.927. The maximum absolute atomic E-state index is 6.29. The average Bonchev–Trinajstić information content (AvgIpc) is 2.70. The van der Waals surface area contributed by atoms with Gasteiger partial charge >= 0.3 is 0 Å². The highest BCUT2D eigenvalue weighted by Gasteiger charge is 2.26. The second kappa shape index (κ2) is 4.48. The number of hydrogen-bond donors (Lipinski definition) is 1. The molecule has 1 heterocycles. The Kier molecular flexibility index (Phi) is 3.30. The van der Waals surface area contributed by atoms with Crippen LogP contribution >= 0.6 is 11.6 Å². The molecule has 0 unspecified atom stereocenters. The second-order valence-corrected chi connectivity index (χ2v) is 5.62. The highest BCUT2D eigenvalue weighted by Crippen LogP contribution is 2.39. The molecule has 98 valence electrons. The van der Waals surface area contributed by atoms with Crippen molar-refractivity contribution < 1.29 is 4.74 Å². The van der Waals surface area contributed by atoms with Crippen LogP contribution in [0, 0.1) is 0 Å². The topological polar surface area (TPSA) is 40.2 Å². The van der Waals surface area contributed by atoms with Gasteiger partial charge in [0.05, 0.1) is 17.6 Å². The lowest BCUT2D eigenvalue weighted by atomic mass is 9.84. The fourth-order valence-corrected chi connectivity index (χ4v) is 2.56. The molecule has 0 atom stereocenters. The molecule has 0 aliphatic heterocycles. The van der Waals surface area contributed by atoms with Gasteiger partial charge < -0.3 is 15.0 Å². The third kappa shape index (κ3) is 1.88. The van der Waals surface area contributed by atoms with E-state index in [-0.39, 0.29) is 5.41 Å². The molecule has 1 aromatic heterocycles. The molecule has 3 nitrogen and oxygen atoms in total. The summed E-state index contributed by atoms with van der Waals surface area (Å²) in [6.45, 7) is 4.83. The summed E-state index contributed by atoms with van der Waals surface area (Å²) < 4.78 is 7.50. The van der Waals surface area contributed by atoms with Gasteiger partial charge in [-0.25, -0.2) is 0 Å². The number of nitrogens with two attached hydrogens (primary N) is 1. The maximum Gasteiger partial charge on any atom is 0.128 e. The molecule has 2 rings (SSSR count). The summed E-state index contributed by atoms with van der Waals surface area (Å²) in [6.07, 6.45) is 2.09. The van der Waals surface area contributed by atoms with Gasteiger partial charge in [-0.2, -0.15) is 0 Å². The van der Waals surface area contributed by atoms with E-state index in [1.165, 1.54) is 5.56 Å². The number of fused-ring (bicyclic) bond motifs is 1. The first kappa shape index (κ1) is 13.2. The molecule has 2 aromatic rings. The van der Waals surface area contributed by atoms with Gasteiger partial charge in [-0.1, -0.05) is 25.4 Å². The predicted octanol–water partition coefficient (Wildman–Crippen LogP) is 3.08. The monoisotopic (exact) mass is 266 g/mol. The molecule has 2 N–H and O–H groups in total. The number of nitrogens with zero attached hydrogens (tertiary/aromatic N) is 1. The zero-order valence-electron chi connectivity index (χ0n) is 11.2. The zero-order valence-corrected chi connectivity index (χ0v) is 12.0. The van der Waals surface area contributed by atoms with Crippen molar-refractivity contribution in [2.24, 2.45) is 12.8 Å². The van der Waals surface area contributed by atoms with E-state index in [4.69, 9.17) is 22.1 Å².